The Labute approximate surface area is 164 Å². The molecule has 12 heteroatoms. The number of aromatic nitrogens is 2. The lowest BCUT2D eigenvalue weighted by molar-refractivity contribution is 0.0766. The average molecular weight is 478 g/mol. The molecule has 7 nitrogen and oxygen atoms in total. The zero-order valence-electron chi connectivity index (χ0n) is 13.2. The van der Waals surface area contributed by atoms with Crippen LogP contribution in [0.2, 0.25) is 0 Å². The van der Waals surface area contributed by atoms with Crippen LogP contribution in [0.4, 0.5) is 8.78 Å². The first kappa shape index (κ1) is 20.0. The highest BCUT2D eigenvalue weighted by molar-refractivity contribution is 9.10. The van der Waals surface area contributed by atoms with Gasteiger partial charge in [-0.05, 0) is 40.2 Å². The van der Waals surface area contributed by atoms with E-state index in [1.807, 2.05) is 0 Å². The molecule has 0 fully saturated rings. The maximum atomic E-state index is 14.0. The molecule has 0 saturated carbocycles. The number of rotatable bonds is 5. The van der Waals surface area contributed by atoms with Crippen molar-refractivity contribution in [2.75, 3.05) is 0 Å². The highest BCUT2D eigenvalue weighted by Gasteiger charge is 2.45. The highest BCUT2D eigenvalue weighted by atomic mass is 79.9. The molecule has 27 heavy (non-hydrogen) atoms. The number of phenols is 1. The first-order chi connectivity index (χ1) is 12.7. The Kier molecular flexibility index (Phi) is 5.68. The summed E-state index contributed by atoms with van der Waals surface area (Å²) in [7, 11) is -3.56. The number of nitrogens with zero attached hydrogens (tertiary/aromatic N) is 2. The Hall–Kier alpha value is -1.78. The second-order valence-electron chi connectivity index (χ2n) is 5.35. The monoisotopic (exact) mass is 477 g/mol. The molecular weight excluding hydrogens is 467 g/mol. The Morgan fingerprint density at radius 3 is 2.74 bits per heavy atom. The Bertz CT molecular complexity index is 1000. The van der Waals surface area contributed by atoms with E-state index in [0.29, 0.717) is 17.0 Å². The fourth-order valence-corrected chi connectivity index (χ4v) is 4.99. The quantitative estimate of drug-likeness (QED) is 0.418. The van der Waals surface area contributed by atoms with E-state index in [0.717, 1.165) is 6.07 Å². The summed E-state index contributed by atoms with van der Waals surface area (Å²) in [6.45, 7) is 0.0961. The van der Waals surface area contributed by atoms with E-state index < -0.39 is 24.8 Å². The third-order valence-electron chi connectivity index (χ3n) is 3.55. The molecule has 0 spiro atoms. The van der Waals surface area contributed by atoms with Crippen molar-refractivity contribution in [2.24, 2.45) is 0 Å². The molecule has 0 aliphatic carbocycles. The molecule has 3 aromatic rings. The molecular formula is C15H11BrF2N3O4PS. The number of thiophene rings is 1. The molecule has 1 aromatic carbocycles. The number of carbonyl (C=O) groups excluding carboxylic acids is 1. The summed E-state index contributed by atoms with van der Waals surface area (Å²) in [5.74, 6) is -0.916. The van der Waals surface area contributed by atoms with Gasteiger partial charge in [0.05, 0.1) is 21.8 Å². The van der Waals surface area contributed by atoms with E-state index in [-0.39, 0.29) is 32.4 Å². The van der Waals surface area contributed by atoms with Gasteiger partial charge in [0.15, 0.2) is 0 Å². The molecule has 0 saturated heterocycles. The fraction of sp³-hybridized carbons (Fsp3) is 0.133. The summed E-state index contributed by atoms with van der Waals surface area (Å²) in [5.41, 5.74) is -3.31. The molecule has 1 amide bonds. The third-order valence-corrected chi connectivity index (χ3v) is 6.81. The molecule has 2 heterocycles. The number of hydrogen-bond acceptors (Lipinski definition) is 7. The second-order valence-corrected chi connectivity index (χ2v) is 8.30. The third kappa shape index (κ3) is 3.92. The maximum absolute atomic E-state index is 14.0. The van der Waals surface area contributed by atoms with Crippen molar-refractivity contribution >= 4 is 51.6 Å². The van der Waals surface area contributed by atoms with Crippen LogP contribution in [0.1, 0.15) is 20.9 Å². The van der Waals surface area contributed by atoms with Crippen LogP contribution in [0.5, 0.6) is 5.75 Å². The van der Waals surface area contributed by atoms with Gasteiger partial charge < -0.3 is 20.2 Å². The van der Waals surface area contributed by atoms with Gasteiger partial charge in [-0.2, -0.15) is 19.0 Å². The predicted molar refractivity (Wildman–Crippen MR) is 99.6 cm³/mol. The molecule has 142 valence electrons. The number of nitrogens with one attached hydrogen (secondary N) is 1. The van der Waals surface area contributed by atoms with Crippen LogP contribution in [0.15, 0.2) is 34.9 Å². The van der Waals surface area contributed by atoms with Crippen molar-refractivity contribution < 1.29 is 28.5 Å². The van der Waals surface area contributed by atoms with E-state index in [2.05, 4.69) is 31.4 Å². The van der Waals surface area contributed by atoms with E-state index in [9.17, 15) is 18.7 Å². The minimum atomic E-state index is -3.88. The average Bonchev–Trinajstić information content (AvgIpc) is 2.98. The molecule has 0 radical (unpaired) electrons. The van der Waals surface area contributed by atoms with Crippen molar-refractivity contribution in [1.29, 1.82) is 0 Å². The van der Waals surface area contributed by atoms with Gasteiger partial charge in [-0.25, -0.2) is 0 Å². The van der Waals surface area contributed by atoms with Gasteiger partial charge in [0.2, 0.25) is 8.38 Å². The zero-order valence-corrected chi connectivity index (χ0v) is 16.5. The van der Waals surface area contributed by atoms with Gasteiger partial charge in [0.1, 0.15) is 5.75 Å². The summed E-state index contributed by atoms with van der Waals surface area (Å²) in [4.78, 5) is 29.7. The number of alkyl halides is 2. The van der Waals surface area contributed by atoms with Gasteiger partial charge in [-0.15, -0.1) is 11.3 Å². The first-order valence-electron chi connectivity index (χ1n) is 7.28. The number of amides is 1. The van der Waals surface area contributed by atoms with Crippen LogP contribution in [0, 0.1) is 0 Å². The molecule has 0 aliphatic rings. The van der Waals surface area contributed by atoms with Crippen molar-refractivity contribution in [1.82, 2.24) is 15.5 Å². The summed E-state index contributed by atoms with van der Waals surface area (Å²) in [6.07, 6.45) is 1.49. The van der Waals surface area contributed by atoms with E-state index in [1.54, 1.807) is 12.1 Å². The summed E-state index contributed by atoms with van der Waals surface area (Å²) >= 11 is 3.52. The van der Waals surface area contributed by atoms with Gasteiger partial charge in [0.25, 0.3) is 5.91 Å². The summed E-state index contributed by atoms with van der Waals surface area (Å²) < 4.78 is 28.0. The standard InChI is InChI=1S/C15H11BrF2N3O4PS/c16-11-9-4-7(14(23)19-6-8-2-1-3-20-21-8)5-10(22)12(9)27-13(11)15(17,18)26(24)25/h1-5,22,24-25H,6H2,(H,19,23). The van der Waals surface area contributed by atoms with Crippen LogP contribution < -0.4 is 5.32 Å². The lowest BCUT2D eigenvalue weighted by atomic mass is 10.1. The van der Waals surface area contributed by atoms with Crippen molar-refractivity contribution in [3.63, 3.8) is 0 Å². The van der Waals surface area contributed by atoms with Gasteiger partial charge in [-0.3, -0.25) is 4.79 Å². The number of halogens is 3. The van der Waals surface area contributed by atoms with E-state index in [4.69, 9.17) is 9.79 Å². The highest BCUT2D eigenvalue weighted by Crippen LogP contribution is 2.58. The lowest BCUT2D eigenvalue weighted by Gasteiger charge is -2.15. The number of aromatic hydroxyl groups is 1. The molecule has 0 atom stereocenters. The molecule has 0 aliphatic heterocycles. The zero-order chi connectivity index (χ0) is 19.8. The SMILES string of the molecule is O=C(NCc1cccnn1)c1cc(O)c2sc(C(F)(F)P(O)O)c(Br)c2c1. The predicted octanol–water partition coefficient (Wildman–Crippen LogP) is 3.44. The number of carbonyl (C=O) groups is 1. The number of benzene rings is 1. The largest absolute Gasteiger partial charge is 0.506 e. The summed E-state index contributed by atoms with van der Waals surface area (Å²) in [6, 6.07) is 5.81. The Balaban J connectivity index is 1.94. The van der Waals surface area contributed by atoms with Crippen LogP contribution in [-0.4, -0.2) is 31.0 Å². The molecule has 4 N–H and O–H groups in total. The first-order valence-corrected chi connectivity index (χ1v) is 10.1. The Morgan fingerprint density at radius 2 is 2.11 bits per heavy atom. The fourth-order valence-electron chi connectivity index (χ4n) is 2.27. The summed E-state index contributed by atoms with van der Waals surface area (Å²) in [5, 5.41) is 20.4. The minimum absolute atomic E-state index is 0.0486. The van der Waals surface area contributed by atoms with Crippen molar-refractivity contribution in [3.05, 3.63) is 51.1 Å². The van der Waals surface area contributed by atoms with Crippen molar-refractivity contribution in [3.8, 4) is 5.75 Å². The lowest BCUT2D eigenvalue weighted by Crippen LogP contribution is -2.23. The number of fused-ring (bicyclic) bond motifs is 1. The Morgan fingerprint density at radius 1 is 1.37 bits per heavy atom. The topological polar surface area (TPSA) is 116 Å². The minimum Gasteiger partial charge on any atom is -0.506 e. The smallest absolute Gasteiger partial charge is 0.349 e. The van der Waals surface area contributed by atoms with Crippen LogP contribution >= 0.6 is 35.6 Å². The molecule has 2 aromatic heterocycles. The van der Waals surface area contributed by atoms with Gasteiger partial charge in [-0.1, -0.05) is 0 Å². The normalized spacial score (nSPS) is 11.9. The van der Waals surface area contributed by atoms with Gasteiger partial charge >= 0.3 is 5.66 Å². The van der Waals surface area contributed by atoms with E-state index in [1.165, 1.54) is 12.3 Å². The maximum Gasteiger partial charge on any atom is 0.349 e. The van der Waals surface area contributed by atoms with E-state index >= 15 is 0 Å². The van der Waals surface area contributed by atoms with Crippen LogP contribution in [0.25, 0.3) is 10.1 Å². The number of phenolic OH excluding ortho intramolecular Hbond substituents is 1. The molecule has 3 rings (SSSR count). The van der Waals surface area contributed by atoms with Gasteiger partial charge in [0, 0.05) is 21.6 Å². The molecule has 0 unspecified atom stereocenters. The second kappa shape index (κ2) is 7.69. The van der Waals surface area contributed by atoms with Crippen LogP contribution in [0.3, 0.4) is 0 Å². The number of hydrogen-bond donors (Lipinski definition) is 4. The van der Waals surface area contributed by atoms with Crippen LogP contribution in [-0.2, 0) is 12.2 Å². The molecule has 0 bridgehead atoms. The van der Waals surface area contributed by atoms with Crippen molar-refractivity contribution in [2.45, 2.75) is 12.2 Å².